The SMILES string of the molecule is O=C(O)CC(Cc1cccc(F)c1)NC(=O)CN1CCC[C@@H](CCc2ccncc2)C1=O. The monoisotopic (exact) mass is 441 g/mol. The number of hydrogen-bond acceptors (Lipinski definition) is 4. The van der Waals surface area contributed by atoms with Crippen LogP contribution in [0.25, 0.3) is 0 Å². The number of piperidine rings is 1. The van der Waals surface area contributed by atoms with Gasteiger partial charge in [0.2, 0.25) is 11.8 Å². The van der Waals surface area contributed by atoms with Crippen LogP contribution in [0.1, 0.15) is 36.8 Å². The predicted octanol–water partition coefficient (Wildman–Crippen LogP) is 2.59. The van der Waals surface area contributed by atoms with E-state index in [-0.39, 0.29) is 31.2 Å². The van der Waals surface area contributed by atoms with Crippen molar-refractivity contribution < 1.29 is 23.9 Å². The Bertz CT molecular complexity index is 938. The van der Waals surface area contributed by atoms with Gasteiger partial charge in [-0.3, -0.25) is 19.4 Å². The van der Waals surface area contributed by atoms with Crippen LogP contribution in [0.3, 0.4) is 0 Å². The summed E-state index contributed by atoms with van der Waals surface area (Å²) in [7, 11) is 0. The van der Waals surface area contributed by atoms with Crippen LogP contribution in [0.2, 0.25) is 0 Å². The molecule has 2 heterocycles. The van der Waals surface area contributed by atoms with Gasteiger partial charge in [0.1, 0.15) is 5.82 Å². The number of halogens is 1. The number of amides is 2. The molecule has 170 valence electrons. The third-order valence-electron chi connectivity index (χ3n) is 5.66. The molecule has 8 heteroatoms. The number of aryl methyl sites for hydroxylation is 1. The smallest absolute Gasteiger partial charge is 0.305 e. The van der Waals surface area contributed by atoms with Crippen molar-refractivity contribution in [2.24, 2.45) is 5.92 Å². The first-order valence-electron chi connectivity index (χ1n) is 10.8. The molecule has 1 fully saturated rings. The van der Waals surface area contributed by atoms with Crippen LogP contribution in [-0.4, -0.2) is 51.9 Å². The molecule has 3 rings (SSSR count). The first-order valence-corrected chi connectivity index (χ1v) is 10.8. The second-order valence-corrected chi connectivity index (χ2v) is 8.19. The summed E-state index contributed by atoms with van der Waals surface area (Å²) < 4.78 is 13.5. The average Bonchev–Trinajstić information content (AvgIpc) is 2.74. The average molecular weight is 442 g/mol. The number of aliphatic carboxylic acids is 1. The van der Waals surface area contributed by atoms with E-state index in [4.69, 9.17) is 0 Å². The molecule has 32 heavy (non-hydrogen) atoms. The number of nitrogens with zero attached hydrogens (tertiary/aromatic N) is 2. The van der Waals surface area contributed by atoms with Gasteiger partial charge in [0, 0.05) is 30.9 Å². The van der Waals surface area contributed by atoms with Crippen molar-refractivity contribution in [1.82, 2.24) is 15.2 Å². The Hall–Kier alpha value is -3.29. The van der Waals surface area contributed by atoms with Crippen molar-refractivity contribution in [3.05, 3.63) is 65.7 Å². The lowest BCUT2D eigenvalue weighted by molar-refractivity contribution is -0.143. The number of carbonyl (C=O) groups excluding carboxylic acids is 2. The van der Waals surface area contributed by atoms with Crippen LogP contribution in [-0.2, 0) is 27.2 Å². The Kier molecular flexibility index (Phi) is 8.30. The van der Waals surface area contributed by atoms with Gasteiger partial charge in [0.25, 0.3) is 0 Å². The molecule has 1 unspecified atom stereocenters. The fourth-order valence-corrected chi connectivity index (χ4v) is 4.12. The third-order valence-corrected chi connectivity index (χ3v) is 5.66. The van der Waals surface area contributed by atoms with Crippen molar-refractivity contribution in [2.75, 3.05) is 13.1 Å². The van der Waals surface area contributed by atoms with Gasteiger partial charge in [-0.05, 0) is 67.5 Å². The van der Waals surface area contributed by atoms with E-state index >= 15 is 0 Å². The van der Waals surface area contributed by atoms with Gasteiger partial charge in [0.15, 0.2) is 0 Å². The Labute approximate surface area is 186 Å². The molecule has 0 spiro atoms. The van der Waals surface area contributed by atoms with Crippen molar-refractivity contribution in [2.45, 2.75) is 44.6 Å². The van der Waals surface area contributed by atoms with Crippen LogP contribution in [0.5, 0.6) is 0 Å². The minimum Gasteiger partial charge on any atom is -0.481 e. The molecule has 1 aromatic heterocycles. The summed E-state index contributed by atoms with van der Waals surface area (Å²) in [6.45, 7) is 0.398. The van der Waals surface area contributed by atoms with Crippen molar-refractivity contribution in [3.63, 3.8) is 0 Å². The zero-order chi connectivity index (χ0) is 22.9. The maximum Gasteiger partial charge on any atom is 0.305 e. The van der Waals surface area contributed by atoms with Gasteiger partial charge < -0.3 is 15.3 Å². The fourth-order valence-electron chi connectivity index (χ4n) is 4.12. The van der Waals surface area contributed by atoms with E-state index in [1.165, 1.54) is 12.1 Å². The van der Waals surface area contributed by atoms with Crippen molar-refractivity contribution >= 4 is 17.8 Å². The lowest BCUT2D eigenvalue weighted by Crippen LogP contribution is -2.49. The number of carboxylic acid groups (broad SMARTS) is 1. The van der Waals surface area contributed by atoms with Gasteiger partial charge in [-0.2, -0.15) is 0 Å². The lowest BCUT2D eigenvalue weighted by atomic mass is 9.91. The van der Waals surface area contributed by atoms with E-state index in [2.05, 4.69) is 10.3 Å². The maximum absolute atomic E-state index is 13.5. The summed E-state index contributed by atoms with van der Waals surface area (Å²) in [5.41, 5.74) is 1.72. The summed E-state index contributed by atoms with van der Waals surface area (Å²) in [5.74, 6) is -2.06. The molecule has 1 saturated heterocycles. The lowest BCUT2D eigenvalue weighted by Gasteiger charge is -2.32. The van der Waals surface area contributed by atoms with Crippen molar-refractivity contribution in [1.29, 1.82) is 0 Å². The standard InChI is InChI=1S/C24H28FN3O4/c25-20-5-1-3-18(13-20)14-21(15-23(30)31)27-22(29)16-28-12-2-4-19(24(28)32)7-6-17-8-10-26-11-9-17/h1,3,5,8-11,13,19,21H,2,4,6-7,12,14-16H2,(H,27,29)(H,30,31)/t19-,21?/m0/s1. The Morgan fingerprint density at radius 3 is 2.72 bits per heavy atom. The Balaban J connectivity index is 1.55. The minimum atomic E-state index is -1.06. The zero-order valence-corrected chi connectivity index (χ0v) is 17.9. The quantitative estimate of drug-likeness (QED) is 0.590. The van der Waals surface area contributed by atoms with Gasteiger partial charge in [-0.15, -0.1) is 0 Å². The molecular weight excluding hydrogens is 413 g/mol. The van der Waals surface area contributed by atoms with Gasteiger partial charge in [-0.25, -0.2) is 4.39 Å². The molecule has 1 aliphatic heterocycles. The first-order chi connectivity index (χ1) is 15.4. The van der Waals surface area contributed by atoms with Crippen LogP contribution in [0.4, 0.5) is 4.39 Å². The molecule has 1 aromatic carbocycles. The molecule has 2 N–H and O–H groups in total. The summed E-state index contributed by atoms with van der Waals surface area (Å²) >= 11 is 0. The van der Waals surface area contributed by atoms with Crippen LogP contribution in [0, 0.1) is 11.7 Å². The molecule has 0 saturated carbocycles. The first kappa shape index (κ1) is 23.4. The highest BCUT2D eigenvalue weighted by atomic mass is 19.1. The Morgan fingerprint density at radius 1 is 1.22 bits per heavy atom. The van der Waals surface area contributed by atoms with E-state index < -0.39 is 23.7 Å². The van der Waals surface area contributed by atoms with Crippen molar-refractivity contribution in [3.8, 4) is 0 Å². The van der Waals surface area contributed by atoms with Gasteiger partial charge in [0.05, 0.1) is 13.0 Å². The van der Waals surface area contributed by atoms with Gasteiger partial charge in [-0.1, -0.05) is 12.1 Å². The molecule has 0 bridgehead atoms. The number of carbonyl (C=O) groups is 3. The molecule has 0 radical (unpaired) electrons. The second-order valence-electron chi connectivity index (χ2n) is 8.19. The number of benzene rings is 1. The predicted molar refractivity (Wildman–Crippen MR) is 116 cm³/mol. The van der Waals surface area contributed by atoms with E-state index in [1.54, 1.807) is 29.4 Å². The second kappa shape index (κ2) is 11.4. The summed E-state index contributed by atoms with van der Waals surface area (Å²) in [6, 6.07) is 9.03. The highest BCUT2D eigenvalue weighted by Crippen LogP contribution is 2.23. The number of likely N-dealkylation sites (tertiary alicyclic amines) is 1. The van der Waals surface area contributed by atoms with E-state index in [1.807, 2.05) is 12.1 Å². The highest BCUT2D eigenvalue weighted by molar-refractivity contribution is 5.86. The molecule has 2 aromatic rings. The fraction of sp³-hybridized carbons (Fsp3) is 0.417. The number of rotatable bonds is 10. The Morgan fingerprint density at radius 2 is 2.00 bits per heavy atom. The van der Waals surface area contributed by atoms with Crippen LogP contribution in [0.15, 0.2) is 48.8 Å². The van der Waals surface area contributed by atoms with Crippen LogP contribution >= 0.6 is 0 Å². The van der Waals surface area contributed by atoms with Gasteiger partial charge >= 0.3 is 5.97 Å². The molecule has 7 nitrogen and oxygen atoms in total. The third kappa shape index (κ3) is 7.14. The van der Waals surface area contributed by atoms with Crippen LogP contribution < -0.4 is 5.32 Å². The number of hydrogen-bond donors (Lipinski definition) is 2. The minimum absolute atomic E-state index is 0.0413. The number of nitrogens with one attached hydrogen (secondary N) is 1. The number of pyridine rings is 1. The molecule has 2 atom stereocenters. The zero-order valence-electron chi connectivity index (χ0n) is 17.9. The topological polar surface area (TPSA) is 99.6 Å². The normalized spacial score (nSPS) is 17.1. The van der Waals surface area contributed by atoms with E-state index in [9.17, 15) is 23.9 Å². The summed E-state index contributed by atoms with van der Waals surface area (Å²) in [6.07, 6.45) is 6.46. The summed E-state index contributed by atoms with van der Waals surface area (Å²) in [5, 5.41) is 11.9. The number of carboxylic acids is 1. The number of aromatic nitrogens is 1. The molecule has 2 amide bonds. The largest absolute Gasteiger partial charge is 0.481 e. The molecular formula is C24H28FN3O4. The van der Waals surface area contributed by atoms with E-state index in [0.29, 0.717) is 18.5 Å². The molecule has 1 aliphatic rings. The van der Waals surface area contributed by atoms with E-state index in [0.717, 1.165) is 24.8 Å². The maximum atomic E-state index is 13.5. The molecule has 0 aliphatic carbocycles. The highest BCUT2D eigenvalue weighted by Gasteiger charge is 2.30. The summed E-state index contributed by atoms with van der Waals surface area (Å²) in [4.78, 5) is 42.3.